The van der Waals surface area contributed by atoms with Gasteiger partial charge in [0.15, 0.2) is 11.5 Å². The first-order valence-electron chi connectivity index (χ1n) is 7.59. The predicted octanol–water partition coefficient (Wildman–Crippen LogP) is 3.96. The summed E-state index contributed by atoms with van der Waals surface area (Å²) in [7, 11) is 1.49. The Morgan fingerprint density at radius 1 is 1.16 bits per heavy atom. The van der Waals surface area contributed by atoms with Crippen molar-refractivity contribution in [2.45, 2.75) is 6.42 Å². The van der Waals surface area contributed by atoms with Gasteiger partial charge in [-0.1, -0.05) is 35.3 Å². The van der Waals surface area contributed by atoms with Gasteiger partial charge in [-0.3, -0.25) is 9.59 Å². The van der Waals surface area contributed by atoms with Gasteiger partial charge >= 0.3 is 5.97 Å². The number of hydrogen-bond donors (Lipinski definition) is 0. The number of para-hydroxylation sites is 2. The molecule has 0 radical (unpaired) electrons. The molecule has 1 heterocycles. The number of nitrogens with zero attached hydrogens (tertiary/aromatic N) is 1. The molecule has 25 heavy (non-hydrogen) atoms. The Morgan fingerprint density at radius 2 is 1.88 bits per heavy atom. The highest BCUT2D eigenvalue weighted by atomic mass is 35.5. The molecule has 0 spiro atoms. The lowest BCUT2D eigenvalue weighted by Crippen LogP contribution is -2.27. The van der Waals surface area contributed by atoms with E-state index in [1.807, 2.05) is 0 Å². The molecule has 1 amide bonds. The summed E-state index contributed by atoms with van der Waals surface area (Å²) < 4.78 is 10.6. The topological polar surface area (TPSA) is 55.8 Å². The summed E-state index contributed by atoms with van der Waals surface area (Å²) in [6.45, 7) is 0.187. The van der Waals surface area contributed by atoms with Crippen LogP contribution in [0.15, 0.2) is 42.5 Å². The minimum absolute atomic E-state index is 0.0524. The SMILES string of the molecule is COc1ccccc1OC(=O)[C@@H]1CC(=O)N(c2cc(Cl)ccc2Cl)C1. The molecule has 5 nitrogen and oxygen atoms in total. The molecule has 1 aliphatic heterocycles. The number of hydrogen-bond acceptors (Lipinski definition) is 4. The smallest absolute Gasteiger partial charge is 0.316 e. The Hall–Kier alpha value is -2.24. The fourth-order valence-corrected chi connectivity index (χ4v) is 3.07. The standard InChI is InChI=1S/C18H15Cl2NO4/c1-24-15-4-2-3-5-16(15)25-18(23)11-8-17(22)21(10-11)14-9-12(19)6-7-13(14)20/h2-7,9,11H,8,10H2,1H3/t11-/m1/s1. The largest absolute Gasteiger partial charge is 0.493 e. The molecular formula is C18H15Cl2NO4. The van der Waals surface area contributed by atoms with Gasteiger partial charge in [0.05, 0.1) is 23.7 Å². The number of halogens is 2. The average molecular weight is 380 g/mol. The Balaban J connectivity index is 1.76. The van der Waals surface area contributed by atoms with Crippen LogP contribution in [0.1, 0.15) is 6.42 Å². The molecule has 1 atom stereocenters. The van der Waals surface area contributed by atoms with Crippen molar-refractivity contribution in [1.82, 2.24) is 0 Å². The molecule has 130 valence electrons. The van der Waals surface area contributed by atoms with Crippen molar-refractivity contribution < 1.29 is 19.1 Å². The average Bonchev–Trinajstić information content (AvgIpc) is 2.99. The Morgan fingerprint density at radius 3 is 2.60 bits per heavy atom. The van der Waals surface area contributed by atoms with E-state index in [2.05, 4.69) is 0 Å². The van der Waals surface area contributed by atoms with Gasteiger partial charge in [0.2, 0.25) is 5.91 Å². The molecule has 2 aromatic carbocycles. The maximum absolute atomic E-state index is 12.4. The highest BCUT2D eigenvalue weighted by Gasteiger charge is 2.37. The lowest BCUT2D eigenvalue weighted by molar-refractivity contribution is -0.139. The molecule has 1 saturated heterocycles. The van der Waals surface area contributed by atoms with Crippen molar-refractivity contribution in [3.05, 3.63) is 52.5 Å². The van der Waals surface area contributed by atoms with Gasteiger partial charge < -0.3 is 14.4 Å². The highest BCUT2D eigenvalue weighted by Crippen LogP contribution is 2.34. The first-order valence-corrected chi connectivity index (χ1v) is 8.35. The van der Waals surface area contributed by atoms with Crippen LogP contribution in [0.25, 0.3) is 0 Å². The van der Waals surface area contributed by atoms with E-state index in [0.29, 0.717) is 27.2 Å². The minimum Gasteiger partial charge on any atom is -0.493 e. The quantitative estimate of drug-likeness (QED) is 0.595. The number of ether oxygens (including phenoxy) is 2. The predicted molar refractivity (Wildman–Crippen MR) is 95.6 cm³/mol. The third-order valence-electron chi connectivity index (χ3n) is 3.94. The van der Waals surface area contributed by atoms with Gasteiger partial charge in [0.1, 0.15) is 0 Å². The fourth-order valence-electron chi connectivity index (χ4n) is 2.69. The van der Waals surface area contributed by atoms with Crippen LogP contribution in [-0.2, 0) is 9.59 Å². The van der Waals surface area contributed by atoms with Crippen LogP contribution in [0, 0.1) is 5.92 Å². The molecule has 7 heteroatoms. The van der Waals surface area contributed by atoms with E-state index in [-0.39, 0.29) is 18.9 Å². The molecular weight excluding hydrogens is 365 g/mol. The van der Waals surface area contributed by atoms with E-state index < -0.39 is 11.9 Å². The number of rotatable bonds is 4. The molecule has 0 saturated carbocycles. The van der Waals surface area contributed by atoms with Crippen molar-refractivity contribution >= 4 is 40.8 Å². The first-order chi connectivity index (χ1) is 12.0. The van der Waals surface area contributed by atoms with Gasteiger partial charge in [-0.05, 0) is 30.3 Å². The summed E-state index contributed by atoms with van der Waals surface area (Å²) in [5.74, 6) is -0.506. The summed E-state index contributed by atoms with van der Waals surface area (Å²) in [5.41, 5.74) is 0.492. The molecule has 0 aromatic heterocycles. The van der Waals surface area contributed by atoms with Crippen molar-refractivity contribution in [1.29, 1.82) is 0 Å². The monoisotopic (exact) mass is 379 g/mol. The van der Waals surface area contributed by atoms with Gasteiger partial charge in [-0.15, -0.1) is 0 Å². The Kier molecular flexibility index (Phi) is 5.16. The normalized spacial score (nSPS) is 16.8. The van der Waals surface area contributed by atoms with Crippen LogP contribution in [-0.4, -0.2) is 25.5 Å². The third kappa shape index (κ3) is 3.72. The number of carbonyl (C=O) groups excluding carboxylic acids is 2. The van der Waals surface area contributed by atoms with E-state index in [1.54, 1.807) is 42.5 Å². The van der Waals surface area contributed by atoms with Crippen molar-refractivity contribution in [2.24, 2.45) is 5.92 Å². The van der Waals surface area contributed by atoms with E-state index in [9.17, 15) is 9.59 Å². The lowest BCUT2D eigenvalue weighted by Gasteiger charge is -2.18. The van der Waals surface area contributed by atoms with Gasteiger partial charge in [0.25, 0.3) is 0 Å². The number of anilines is 1. The molecule has 0 bridgehead atoms. The molecule has 2 aromatic rings. The van der Waals surface area contributed by atoms with E-state index in [0.717, 1.165) is 0 Å². The maximum atomic E-state index is 12.4. The second kappa shape index (κ2) is 7.33. The van der Waals surface area contributed by atoms with Crippen LogP contribution in [0.5, 0.6) is 11.5 Å². The van der Waals surface area contributed by atoms with Crippen molar-refractivity contribution in [3.63, 3.8) is 0 Å². The number of carbonyl (C=O) groups is 2. The van der Waals surface area contributed by atoms with Gasteiger partial charge in [-0.2, -0.15) is 0 Å². The Labute approximate surface area is 155 Å². The van der Waals surface area contributed by atoms with Crippen LogP contribution in [0.4, 0.5) is 5.69 Å². The van der Waals surface area contributed by atoms with E-state index in [4.69, 9.17) is 32.7 Å². The molecule has 0 N–H and O–H groups in total. The third-order valence-corrected chi connectivity index (χ3v) is 4.49. The van der Waals surface area contributed by atoms with Crippen LogP contribution >= 0.6 is 23.2 Å². The molecule has 0 unspecified atom stereocenters. The molecule has 1 fully saturated rings. The molecule has 3 rings (SSSR count). The molecule has 1 aliphatic rings. The number of esters is 1. The number of amides is 1. The summed E-state index contributed by atoms with van der Waals surface area (Å²) in [6.07, 6.45) is 0.0524. The lowest BCUT2D eigenvalue weighted by atomic mass is 10.1. The maximum Gasteiger partial charge on any atom is 0.316 e. The number of benzene rings is 2. The zero-order valence-corrected chi connectivity index (χ0v) is 14.9. The second-order valence-corrected chi connectivity index (χ2v) is 6.42. The minimum atomic E-state index is -0.590. The zero-order valence-electron chi connectivity index (χ0n) is 13.4. The Bertz CT molecular complexity index is 824. The van der Waals surface area contributed by atoms with Gasteiger partial charge in [-0.25, -0.2) is 0 Å². The van der Waals surface area contributed by atoms with Crippen LogP contribution < -0.4 is 14.4 Å². The van der Waals surface area contributed by atoms with E-state index >= 15 is 0 Å². The van der Waals surface area contributed by atoms with Crippen molar-refractivity contribution in [3.8, 4) is 11.5 Å². The summed E-state index contributed by atoms with van der Waals surface area (Å²) >= 11 is 12.1. The van der Waals surface area contributed by atoms with Crippen LogP contribution in [0.2, 0.25) is 10.0 Å². The second-order valence-electron chi connectivity index (χ2n) is 5.57. The summed E-state index contributed by atoms with van der Waals surface area (Å²) in [6, 6.07) is 11.7. The summed E-state index contributed by atoms with van der Waals surface area (Å²) in [5, 5.41) is 0.865. The van der Waals surface area contributed by atoms with E-state index in [1.165, 1.54) is 12.0 Å². The number of methoxy groups -OCH3 is 1. The highest BCUT2D eigenvalue weighted by molar-refractivity contribution is 6.35. The first kappa shape index (κ1) is 17.6. The zero-order chi connectivity index (χ0) is 18.0. The van der Waals surface area contributed by atoms with Crippen molar-refractivity contribution in [2.75, 3.05) is 18.6 Å². The molecule has 0 aliphatic carbocycles. The fraction of sp³-hybridized carbons (Fsp3) is 0.222. The van der Waals surface area contributed by atoms with Crippen LogP contribution in [0.3, 0.4) is 0 Å². The summed E-state index contributed by atoms with van der Waals surface area (Å²) in [4.78, 5) is 26.2. The van der Waals surface area contributed by atoms with Gasteiger partial charge in [0, 0.05) is 18.0 Å².